The molecule has 0 bridgehead atoms. The lowest BCUT2D eigenvalue weighted by molar-refractivity contribution is 1.23. The van der Waals surface area contributed by atoms with Gasteiger partial charge in [-0.2, -0.15) is 0 Å². The Balaban J connectivity index is 1.18. The number of aromatic nitrogens is 2. The molecule has 9 aromatic carbocycles. The van der Waals surface area contributed by atoms with Gasteiger partial charge in [0.2, 0.25) is 0 Å². The minimum absolute atomic E-state index is 0.715. The second kappa shape index (κ2) is 11.8. The van der Waals surface area contributed by atoms with E-state index in [1.165, 1.54) is 62.9 Å². The Morgan fingerprint density at radius 3 is 1.89 bits per heavy atom. The van der Waals surface area contributed by atoms with Crippen LogP contribution in [0.3, 0.4) is 0 Å². The van der Waals surface area contributed by atoms with Crippen LogP contribution in [0.15, 0.2) is 176 Å². The lowest BCUT2D eigenvalue weighted by atomic mass is 9.88. The maximum absolute atomic E-state index is 5.71. The van der Waals surface area contributed by atoms with Crippen molar-refractivity contribution in [2.75, 3.05) is 4.90 Å². The van der Waals surface area contributed by atoms with E-state index >= 15 is 0 Å². The van der Waals surface area contributed by atoms with E-state index in [1.807, 2.05) is 11.3 Å². The van der Waals surface area contributed by atoms with E-state index in [0.29, 0.717) is 5.82 Å². The van der Waals surface area contributed by atoms with Crippen LogP contribution >= 0.6 is 22.7 Å². The molecular weight excluding hydrogens is 731 g/mol. The minimum atomic E-state index is 0.715. The van der Waals surface area contributed by atoms with Crippen molar-refractivity contribution in [3.8, 4) is 33.8 Å². The van der Waals surface area contributed by atoms with Crippen LogP contribution < -0.4 is 4.90 Å². The molecule has 4 heterocycles. The molecule has 0 fully saturated rings. The van der Waals surface area contributed by atoms with Gasteiger partial charge in [0.1, 0.15) is 0 Å². The van der Waals surface area contributed by atoms with Gasteiger partial charge in [-0.1, -0.05) is 133 Å². The number of benzene rings is 9. The van der Waals surface area contributed by atoms with Crippen molar-refractivity contribution in [1.82, 2.24) is 9.97 Å². The van der Waals surface area contributed by atoms with Gasteiger partial charge in [-0.15, -0.1) is 22.7 Å². The van der Waals surface area contributed by atoms with Gasteiger partial charge in [0.15, 0.2) is 5.82 Å². The molecule has 0 amide bonds. The highest BCUT2D eigenvalue weighted by Gasteiger charge is 2.31. The highest BCUT2D eigenvalue weighted by Crippen LogP contribution is 2.55. The standard InChI is InChI=1S/C52H29N3S2/c1-2-14-33-29-42-40(28-32(33)13-1)35-20-9-15-31-16-10-22-41(46(31)35)55(42)50-34-17-4-3-12-30(34)26-27-39(50)52-53-48-37-19-6-8-24-44(37)57-51(48)49(54-52)38-21-11-25-45-47(38)36-18-5-7-23-43(36)56-45/h1-29H. The second-order valence-electron chi connectivity index (χ2n) is 14.9. The number of anilines is 3. The Morgan fingerprint density at radius 1 is 0.386 bits per heavy atom. The van der Waals surface area contributed by atoms with Crippen LogP contribution in [0.4, 0.5) is 17.1 Å². The molecule has 0 saturated heterocycles. The fourth-order valence-corrected chi connectivity index (χ4v) is 11.6. The Hall–Kier alpha value is -6.92. The van der Waals surface area contributed by atoms with Crippen molar-refractivity contribution in [2.24, 2.45) is 0 Å². The fourth-order valence-electron chi connectivity index (χ4n) is 9.27. The van der Waals surface area contributed by atoms with Crippen LogP contribution in [0.1, 0.15) is 0 Å². The van der Waals surface area contributed by atoms with Gasteiger partial charge in [-0.05, 0) is 69.6 Å². The van der Waals surface area contributed by atoms with Crippen LogP contribution in [-0.2, 0) is 0 Å². The van der Waals surface area contributed by atoms with Crippen LogP contribution in [0, 0.1) is 0 Å². The van der Waals surface area contributed by atoms with Crippen LogP contribution in [0.2, 0.25) is 0 Å². The highest BCUT2D eigenvalue weighted by molar-refractivity contribution is 7.26. The molecule has 57 heavy (non-hydrogen) atoms. The minimum Gasteiger partial charge on any atom is -0.308 e. The van der Waals surface area contributed by atoms with Gasteiger partial charge < -0.3 is 4.90 Å². The Morgan fingerprint density at radius 2 is 1.04 bits per heavy atom. The van der Waals surface area contributed by atoms with E-state index < -0.39 is 0 Å². The molecule has 3 aromatic heterocycles. The molecule has 0 N–H and O–H groups in total. The summed E-state index contributed by atoms with van der Waals surface area (Å²) in [6, 6.07) is 64.2. The van der Waals surface area contributed by atoms with Gasteiger partial charge in [0.25, 0.3) is 0 Å². The summed E-state index contributed by atoms with van der Waals surface area (Å²) in [4.78, 5) is 13.8. The van der Waals surface area contributed by atoms with E-state index in [-0.39, 0.29) is 0 Å². The molecule has 3 nitrogen and oxygen atoms in total. The predicted octanol–water partition coefficient (Wildman–Crippen LogP) is 15.5. The lowest BCUT2D eigenvalue weighted by Gasteiger charge is -2.35. The zero-order valence-electron chi connectivity index (χ0n) is 30.4. The summed E-state index contributed by atoms with van der Waals surface area (Å²) in [7, 11) is 0. The van der Waals surface area contributed by atoms with E-state index in [9.17, 15) is 0 Å². The van der Waals surface area contributed by atoms with Crippen molar-refractivity contribution in [1.29, 1.82) is 0 Å². The number of thiophene rings is 2. The van der Waals surface area contributed by atoms with Gasteiger partial charge in [-0.3, -0.25) is 0 Å². The average molecular weight is 760 g/mol. The molecule has 0 spiro atoms. The normalized spacial score (nSPS) is 12.5. The zero-order chi connectivity index (χ0) is 37.2. The topological polar surface area (TPSA) is 29.0 Å². The number of rotatable bonds is 3. The number of hydrogen-bond donors (Lipinski definition) is 0. The molecule has 12 aromatic rings. The zero-order valence-corrected chi connectivity index (χ0v) is 32.0. The monoisotopic (exact) mass is 759 g/mol. The van der Waals surface area contributed by atoms with Crippen molar-refractivity contribution < 1.29 is 0 Å². The maximum Gasteiger partial charge on any atom is 0.162 e. The van der Waals surface area contributed by atoms with E-state index in [4.69, 9.17) is 9.97 Å². The first-order valence-electron chi connectivity index (χ1n) is 19.2. The van der Waals surface area contributed by atoms with Crippen molar-refractivity contribution in [2.45, 2.75) is 0 Å². The molecule has 0 saturated carbocycles. The molecular formula is C52H29N3S2. The smallest absolute Gasteiger partial charge is 0.162 e. The van der Waals surface area contributed by atoms with Crippen molar-refractivity contribution in [3.63, 3.8) is 0 Å². The number of nitrogens with zero attached hydrogens (tertiary/aromatic N) is 3. The highest BCUT2D eigenvalue weighted by atomic mass is 32.1. The molecule has 1 aliphatic heterocycles. The van der Waals surface area contributed by atoms with Gasteiger partial charge in [0.05, 0.1) is 33.0 Å². The lowest BCUT2D eigenvalue weighted by Crippen LogP contribution is -2.17. The van der Waals surface area contributed by atoms with Crippen molar-refractivity contribution >= 4 is 113 Å². The first kappa shape index (κ1) is 31.3. The SMILES string of the molecule is c1ccc2cc3c(cc2c1)-c1cccc2cccc(c12)N3c1c(-c2nc(-c3cccc4sc5ccccc5c34)c3sc4ccccc4c3n2)ccc2ccccc12. The molecule has 264 valence electrons. The summed E-state index contributed by atoms with van der Waals surface area (Å²) in [6.07, 6.45) is 0. The first-order chi connectivity index (χ1) is 28.3. The van der Waals surface area contributed by atoms with E-state index in [1.54, 1.807) is 11.3 Å². The summed E-state index contributed by atoms with van der Waals surface area (Å²) in [6.45, 7) is 0. The van der Waals surface area contributed by atoms with Gasteiger partial charge >= 0.3 is 0 Å². The van der Waals surface area contributed by atoms with Crippen molar-refractivity contribution in [3.05, 3.63) is 176 Å². The number of fused-ring (bicyclic) bond motifs is 10. The molecule has 0 radical (unpaired) electrons. The Bertz CT molecular complexity index is 3670. The molecule has 0 unspecified atom stereocenters. The summed E-state index contributed by atoms with van der Waals surface area (Å²) >= 11 is 3.63. The van der Waals surface area contributed by atoms with Gasteiger partial charge in [-0.25, -0.2) is 9.97 Å². The van der Waals surface area contributed by atoms with E-state index in [0.717, 1.165) is 54.9 Å². The molecule has 0 atom stereocenters. The van der Waals surface area contributed by atoms with Crippen LogP contribution in [-0.4, -0.2) is 9.97 Å². The molecule has 5 heteroatoms. The Kier molecular flexibility index (Phi) is 6.48. The molecule has 1 aliphatic rings. The first-order valence-corrected chi connectivity index (χ1v) is 20.9. The molecule has 0 aliphatic carbocycles. The maximum atomic E-state index is 5.71. The third-order valence-electron chi connectivity index (χ3n) is 11.8. The quantitative estimate of drug-likeness (QED) is 0.180. The molecule has 13 rings (SSSR count). The third-order valence-corrected chi connectivity index (χ3v) is 14.1. The summed E-state index contributed by atoms with van der Waals surface area (Å²) in [5, 5.41) is 10.9. The summed E-state index contributed by atoms with van der Waals surface area (Å²) < 4.78 is 4.86. The summed E-state index contributed by atoms with van der Waals surface area (Å²) in [5.74, 6) is 0.715. The second-order valence-corrected chi connectivity index (χ2v) is 17.0. The largest absolute Gasteiger partial charge is 0.308 e. The van der Waals surface area contributed by atoms with Gasteiger partial charge in [0, 0.05) is 57.7 Å². The fraction of sp³-hybridized carbons (Fsp3) is 0. The Labute approximate surface area is 335 Å². The predicted molar refractivity (Wildman–Crippen MR) is 245 cm³/mol. The summed E-state index contributed by atoms with van der Waals surface area (Å²) in [5.41, 5.74) is 9.94. The van der Waals surface area contributed by atoms with E-state index in [2.05, 4.69) is 181 Å². The average Bonchev–Trinajstić information content (AvgIpc) is 3.84. The van der Waals surface area contributed by atoms with Crippen LogP contribution in [0.5, 0.6) is 0 Å². The number of hydrogen-bond acceptors (Lipinski definition) is 5. The third kappa shape index (κ3) is 4.47. The van der Waals surface area contributed by atoms with Crippen LogP contribution in [0.25, 0.3) is 107 Å².